The van der Waals surface area contributed by atoms with Gasteiger partial charge in [-0.05, 0) is 23.8 Å². The lowest BCUT2D eigenvalue weighted by atomic mass is 10.2. The van der Waals surface area contributed by atoms with Gasteiger partial charge in [-0.25, -0.2) is 9.97 Å². The molecule has 0 aliphatic heterocycles. The van der Waals surface area contributed by atoms with Crippen LogP contribution in [0.25, 0.3) is 0 Å². The molecule has 0 aliphatic rings. The quantitative estimate of drug-likeness (QED) is 0.693. The molecule has 0 saturated heterocycles. The van der Waals surface area contributed by atoms with Gasteiger partial charge in [-0.2, -0.15) is 0 Å². The van der Waals surface area contributed by atoms with Crippen LogP contribution in [-0.4, -0.2) is 15.9 Å². The van der Waals surface area contributed by atoms with Crippen LogP contribution >= 0.6 is 23.2 Å². The van der Waals surface area contributed by atoms with E-state index in [1.165, 1.54) is 6.33 Å². The summed E-state index contributed by atoms with van der Waals surface area (Å²) in [6.45, 7) is 0.315. The van der Waals surface area contributed by atoms with Gasteiger partial charge in [-0.15, -0.1) is 0 Å². The number of hydrogen-bond donors (Lipinski definition) is 2. The zero-order chi connectivity index (χ0) is 17.6. The Labute approximate surface area is 155 Å². The van der Waals surface area contributed by atoms with E-state index < -0.39 is 0 Å². The van der Waals surface area contributed by atoms with Gasteiger partial charge in [0.1, 0.15) is 17.8 Å². The van der Waals surface area contributed by atoms with Crippen molar-refractivity contribution in [1.82, 2.24) is 15.3 Å². The molecule has 0 bridgehead atoms. The van der Waals surface area contributed by atoms with Crippen molar-refractivity contribution in [2.75, 3.05) is 5.32 Å². The van der Waals surface area contributed by atoms with Gasteiger partial charge < -0.3 is 10.6 Å². The minimum atomic E-state index is -0.315. The minimum Gasteiger partial charge on any atom is -0.347 e. The third-order valence-electron chi connectivity index (χ3n) is 3.43. The van der Waals surface area contributed by atoms with Crippen molar-refractivity contribution < 1.29 is 4.79 Å². The maximum Gasteiger partial charge on any atom is 0.270 e. The van der Waals surface area contributed by atoms with Crippen LogP contribution < -0.4 is 10.6 Å². The van der Waals surface area contributed by atoms with Crippen molar-refractivity contribution in [1.29, 1.82) is 0 Å². The molecule has 25 heavy (non-hydrogen) atoms. The maximum absolute atomic E-state index is 12.3. The summed E-state index contributed by atoms with van der Waals surface area (Å²) >= 11 is 12.2. The molecule has 0 radical (unpaired) electrons. The first-order chi connectivity index (χ1) is 12.1. The third kappa shape index (κ3) is 4.47. The van der Waals surface area contributed by atoms with Gasteiger partial charge in [-0.3, -0.25) is 4.79 Å². The number of benzene rings is 2. The normalized spacial score (nSPS) is 10.3. The van der Waals surface area contributed by atoms with E-state index in [2.05, 4.69) is 20.6 Å². The first kappa shape index (κ1) is 17.2. The predicted octanol–water partition coefficient (Wildman–Crippen LogP) is 4.46. The average molecular weight is 373 g/mol. The Morgan fingerprint density at radius 2 is 1.68 bits per heavy atom. The SMILES string of the molecule is O=C(NCc1ccccc1Cl)c1cc(Nc2ccccc2Cl)ncn1. The molecule has 0 atom stereocenters. The number of carbonyl (C=O) groups excluding carboxylic acids is 1. The third-order valence-corrected chi connectivity index (χ3v) is 4.13. The largest absolute Gasteiger partial charge is 0.347 e. The molecule has 0 spiro atoms. The Bertz CT molecular complexity index is 902. The molecule has 7 heteroatoms. The number of hydrogen-bond acceptors (Lipinski definition) is 4. The summed E-state index contributed by atoms with van der Waals surface area (Å²) in [5.74, 6) is 0.163. The predicted molar refractivity (Wildman–Crippen MR) is 99.4 cm³/mol. The van der Waals surface area contributed by atoms with Crippen molar-refractivity contribution in [2.45, 2.75) is 6.54 Å². The van der Waals surface area contributed by atoms with E-state index in [-0.39, 0.29) is 11.6 Å². The molecule has 3 aromatic rings. The lowest BCUT2D eigenvalue weighted by Crippen LogP contribution is -2.24. The molecule has 1 aromatic heterocycles. The molecule has 0 saturated carbocycles. The minimum absolute atomic E-state index is 0.247. The van der Waals surface area contributed by atoms with Crippen LogP contribution in [0.15, 0.2) is 60.9 Å². The van der Waals surface area contributed by atoms with Gasteiger partial charge in [0.2, 0.25) is 0 Å². The summed E-state index contributed by atoms with van der Waals surface area (Å²) in [7, 11) is 0. The summed E-state index contributed by atoms with van der Waals surface area (Å²) in [5, 5.41) is 7.02. The lowest BCUT2D eigenvalue weighted by Gasteiger charge is -2.09. The number of anilines is 2. The van der Waals surface area contributed by atoms with Gasteiger partial charge in [0.25, 0.3) is 5.91 Å². The summed E-state index contributed by atoms with van der Waals surface area (Å²) in [6.07, 6.45) is 1.32. The summed E-state index contributed by atoms with van der Waals surface area (Å²) in [6, 6.07) is 16.2. The number of aromatic nitrogens is 2. The van der Waals surface area contributed by atoms with Crippen LogP contribution in [0.2, 0.25) is 10.0 Å². The first-order valence-corrected chi connectivity index (χ1v) is 8.24. The Morgan fingerprint density at radius 1 is 0.960 bits per heavy atom. The number of halogens is 2. The fourth-order valence-electron chi connectivity index (χ4n) is 2.16. The standard InChI is InChI=1S/C18H14Cl2N4O/c19-13-6-2-1-5-12(13)10-21-18(25)16-9-17(23-11-22-16)24-15-8-4-3-7-14(15)20/h1-9,11H,10H2,(H,21,25)(H,22,23,24). The molecule has 3 rings (SSSR count). The average Bonchev–Trinajstić information content (AvgIpc) is 2.63. The molecule has 0 unspecified atom stereocenters. The highest BCUT2D eigenvalue weighted by molar-refractivity contribution is 6.33. The zero-order valence-corrected chi connectivity index (χ0v) is 14.6. The van der Waals surface area contributed by atoms with E-state index >= 15 is 0 Å². The van der Waals surface area contributed by atoms with Gasteiger partial charge in [0, 0.05) is 17.6 Å². The summed E-state index contributed by atoms with van der Waals surface area (Å²) < 4.78 is 0. The maximum atomic E-state index is 12.3. The molecule has 1 amide bonds. The smallest absolute Gasteiger partial charge is 0.270 e. The van der Waals surface area contributed by atoms with Crippen LogP contribution in [0, 0.1) is 0 Å². The van der Waals surface area contributed by atoms with E-state index in [4.69, 9.17) is 23.2 Å². The van der Waals surface area contributed by atoms with Crippen molar-refractivity contribution in [2.24, 2.45) is 0 Å². The Kier molecular flexibility index (Phi) is 5.48. The van der Waals surface area contributed by atoms with Gasteiger partial charge in [0.15, 0.2) is 0 Å². The fraction of sp³-hybridized carbons (Fsp3) is 0.0556. The highest BCUT2D eigenvalue weighted by atomic mass is 35.5. The van der Waals surface area contributed by atoms with Crippen molar-refractivity contribution in [3.05, 3.63) is 82.2 Å². The van der Waals surface area contributed by atoms with E-state index in [0.29, 0.717) is 28.1 Å². The van der Waals surface area contributed by atoms with Crippen LogP contribution in [0.1, 0.15) is 16.1 Å². The number of nitrogens with one attached hydrogen (secondary N) is 2. The number of carbonyl (C=O) groups is 1. The molecule has 1 heterocycles. The Hall–Kier alpha value is -2.63. The molecule has 2 aromatic carbocycles. The fourth-order valence-corrected chi connectivity index (χ4v) is 2.54. The molecule has 126 valence electrons. The van der Waals surface area contributed by atoms with Crippen molar-refractivity contribution >= 4 is 40.6 Å². The number of rotatable bonds is 5. The first-order valence-electron chi connectivity index (χ1n) is 7.48. The van der Waals surface area contributed by atoms with Gasteiger partial charge in [0.05, 0.1) is 10.7 Å². The molecule has 0 aliphatic carbocycles. The molecule has 2 N–H and O–H groups in total. The molecular weight excluding hydrogens is 359 g/mol. The number of amides is 1. The summed E-state index contributed by atoms with van der Waals surface area (Å²) in [5.41, 5.74) is 1.78. The van der Waals surface area contributed by atoms with Crippen LogP contribution in [0.4, 0.5) is 11.5 Å². The lowest BCUT2D eigenvalue weighted by molar-refractivity contribution is 0.0946. The monoisotopic (exact) mass is 372 g/mol. The number of para-hydroxylation sites is 1. The highest BCUT2D eigenvalue weighted by Gasteiger charge is 2.10. The summed E-state index contributed by atoms with van der Waals surface area (Å²) in [4.78, 5) is 20.4. The van der Waals surface area contributed by atoms with E-state index in [1.54, 1.807) is 18.2 Å². The second-order valence-electron chi connectivity index (χ2n) is 5.17. The van der Waals surface area contributed by atoms with Gasteiger partial charge in [-0.1, -0.05) is 53.5 Å². The Balaban J connectivity index is 1.69. The number of nitrogens with zero attached hydrogens (tertiary/aromatic N) is 2. The highest BCUT2D eigenvalue weighted by Crippen LogP contribution is 2.23. The van der Waals surface area contributed by atoms with Crippen LogP contribution in [-0.2, 0) is 6.54 Å². The van der Waals surface area contributed by atoms with Crippen molar-refractivity contribution in [3.8, 4) is 0 Å². The molecule has 0 fully saturated rings. The Morgan fingerprint density at radius 3 is 2.44 bits per heavy atom. The van der Waals surface area contributed by atoms with E-state index in [0.717, 1.165) is 5.56 Å². The second-order valence-corrected chi connectivity index (χ2v) is 5.98. The topological polar surface area (TPSA) is 66.9 Å². The van der Waals surface area contributed by atoms with Crippen LogP contribution in [0.5, 0.6) is 0 Å². The van der Waals surface area contributed by atoms with Crippen molar-refractivity contribution in [3.63, 3.8) is 0 Å². The second kappa shape index (κ2) is 7.96. The van der Waals surface area contributed by atoms with Gasteiger partial charge >= 0.3 is 0 Å². The van der Waals surface area contributed by atoms with Crippen LogP contribution in [0.3, 0.4) is 0 Å². The molecule has 5 nitrogen and oxygen atoms in total. The molecular formula is C18H14Cl2N4O. The van der Waals surface area contributed by atoms with E-state index in [1.807, 2.05) is 36.4 Å². The zero-order valence-electron chi connectivity index (χ0n) is 13.0. The van der Waals surface area contributed by atoms with E-state index in [9.17, 15) is 4.79 Å².